The van der Waals surface area contributed by atoms with E-state index in [1.54, 1.807) is 11.0 Å². The molecule has 1 aliphatic heterocycles. The van der Waals surface area contributed by atoms with E-state index in [4.69, 9.17) is 4.74 Å². The van der Waals surface area contributed by atoms with Crippen LogP contribution in [0.15, 0.2) is 15.9 Å². The largest absolute Gasteiger partial charge is 0.467 e. The SMILES string of the molecule is COC(=O)[C@@H]1CCCN1C(=O)[C@@H](CC(=O)c1ccc(Br)s1)C(C)C. The first-order chi connectivity index (χ1) is 11.3. The van der Waals surface area contributed by atoms with Crippen molar-refractivity contribution in [3.63, 3.8) is 0 Å². The fraction of sp³-hybridized carbons (Fsp3) is 0.588. The van der Waals surface area contributed by atoms with Gasteiger partial charge < -0.3 is 9.64 Å². The number of ether oxygens (including phenoxy) is 1. The van der Waals surface area contributed by atoms with Crippen molar-refractivity contribution in [1.82, 2.24) is 4.90 Å². The number of likely N-dealkylation sites (tertiary alicyclic amines) is 1. The maximum atomic E-state index is 12.9. The number of rotatable bonds is 6. The highest BCUT2D eigenvalue weighted by Crippen LogP contribution is 2.29. The first kappa shape index (κ1) is 19.1. The van der Waals surface area contributed by atoms with Gasteiger partial charge in [0.05, 0.1) is 15.8 Å². The van der Waals surface area contributed by atoms with E-state index in [9.17, 15) is 14.4 Å². The fourth-order valence-corrected chi connectivity index (χ4v) is 4.33. The van der Waals surface area contributed by atoms with Crippen molar-refractivity contribution in [3.8, 4) is 0 Å². The van der Waals surface area contributed by atoms with Crippen molar-refractivity contribution in [2.75, 3.05) is 13.7 Å². The van der Waals surface area contributed by atoms with Gasteiger partial charge in [0.15, 0.2) is 5.78 Å². The number of halogens is 1. The van der Waals surface area contributed by atoms with Gasteiger partial charge in [0, 0.05) is 18.9 Å². The van der Waals surface area contributed by atoms with E-state index in [2.05, 4.69) is 15.9 Å². The third kappa shape index (κ3) is 4.25. The number of methoxy groups -OCH3 is 1. The van der Waals surface area contributed by atoms with Crippen LogP contribution in [0.5, 0.6) is 0 Å². The highest BCUT2D eigenvalue weighted by atomic mass is 79.9. The minimum Gasteiger partial charge on any atom is -0.467 e. The topological polar surface area (TPSA) is 63.7 Å². The lowest BCUT2D eigenvalue weighted by Gasteiger charge is -2.29. The molecule has 1 fully saturated rings. The van der Waals surface area contributed by atoms with Crippen molar-refractivity contribution in [2.45, 2.75) is 39.2 Å². The zero-order valence-electron chi connectivity index (χ0n) is 14.1. The van der Waals surface area contributed by atoms with Crippen LogP contribution in [0.4, 0.5) is 0 Å². The van der Waals surface area contributed by atoms with Crippen LogP contribution in [0, 0.1) is 11.8 Å². The van der Waals surface area contributed by atoms with E-state index in [1.807, 2.05) is 19.9 Å². The number of thiophene rings is 1. The molecule has 1 amide bonds. The number of carbonyl (C=O) groups is 3. The first-order valence-electron chi connectivity index (χ1n) is 8.02. The lowest BCUT2D eigenvalue weighted by molar-refractivity contribution is -0.152. The Morgan fingerprint density at radius 2 is 2.08 bits per heavy atom. The Balaban J connectivity index is 2.13. The predicted molar refractivity (Wildman–Crippen MR) is 96.0 cm³/mol. The summed E-state index contributed by atoms with van der Waals surface area (Å²) in [6, 6.07) is 3.08. The molecule has 0 saturated carbocycles. The molecule has 0 radical (unpaired) electrons. The minimum absolute atomic E-state index is 0.0174. The van der Waals surface area contributed by atoms with Gasteiger partial charge >= 0.3 is 5.97 Å². The molecule has 1 aliphatic rings. The Kier molecular flexibility index (Phi) is 6.57. The van der Waals surface area contributed by atoms with Gasteiger partial charge in [-0.1, -0.05) is 13.8 Å². The van der Waals surface area contributed by atoms with Gasteiger partial charge in [0.2, 0.25) is 5.91 Å². The third-order valence-corrected chi connectivity index (χ3v) is 6.05. The monoisotopic (exact) mass is 415 g/mol. The summed E-state index contributed by atoms with van der Waals surface area (Å²) < 4.78 is 5.70. The number of hydrogen-bond donors (Lipinski definition) is 0. The predicted octanol–water partition coefficient (Wildman–Crippen LogP) is 3.52. The Morgan fingerprint density at radius 3 is 2.62 bits per heavy atom. The number of esters is 1. The Bertz CT molecular complexity index is 628. The molecular weight excluding hydrogens is 394 g/mol. The first-order valence-corrected chi connectivity index (χ1v) is 9.63. The lowest BCUT2D eigenvalue weighted by Crippen LogP contribution is -2.45. The minimum atomic E-state index is -0.519. The normalized spacial score (nSPS) is 18.7. The van der Waals surface area contributed by atoms with Crippen molar-refractivity contribution in [1.29, 1.82) is 0 Å². The maximum absolute atomic E-state index is 12.9. The summed E-state index contributed by atoms with van der Waals surface area (Å²) in [5, 5.41) is 0. The molecule has 0 bridgehead atoms. The number of ketones is 1. The molecule has 2 heterocycles. The third-order valence-electron chi connectivity index (χ3n) is 4.38. The second-order valence-electron chi connectivity index (χ2n) is 6.29. The Labute approximate surface area is 154 Å². The average molecular weight is 416 g/mol. The van der Waals surface area contributed by atoms with E-state index in [0.29, 0.717) is 17.8 Å². The quantitative estimate of drug-likeness (QED) is 0.526. The molecule has 24 heavy (non-hydrogen) atoms. The van der Waals surface area contributed by atoms with Crippen LogP contribution < -0.4 is 0 Å². The number of hydrogen-bond acceptors (Lipinski definition) is 5. The summed E-state index contributed by atoms with van der Waals surface area (Å²) in [7, 11) is 1.33. The summed E-state index contributed by atoms with van der Waals surface area (Å²) in [5.74, 6) is -0.947. The number of Topliss-reactive ketones (excluding diaryl/α,β-unsaturated/α-hetero) is 1. The Morgan fingerprint density at radius 1 is 1.38 bits per heavy atom. The van der Waals surface area contributed by atoms with Crippen LogP contribution in [0.1, 0.15) is 42.8 Å². The molecule has 1 aromatic rings. The number of amides is 1. The molecule has 1 aromatic heterocycles. The molecule has 7 heteroatoms. The van der Waals surface area contributed by atoms with E-state index in [0.717, 1.165) is 10.2 Å². The number of nitrogens with zero attached hydrogens (tertiary/aromatic N) is 1. The van der Waals surface area contributed by atoms with Gasteiger partial charge in [-0.2, -0.15) is 0 Å². The smallest absolute Gasteiger partial charge is 0.328 e. The van der Waals surface area contributed by atoms with Gasteiger partial charge in [0.25, 0.3) is 0 Å². The van der Waals surface area contributed by atoms with Gasteiger partial charge in [-0.15, -0.1) is 11.3 Å². The standard InChI is InChI=1S/C17H22BrNO4S/c1-10(2)11(9-13(20)14-6-7-15(18)24-14)16(21)19-8-4-5-12(19)17(22)23-3/h6-7,10-12H,4-5,8-9H2,1-3H3/t11-,12-/m0/s1. The lowest BCUT2D eigenvalue weighted by atomic mass is 9.88. The zero-order valence-corrected chi connectivity index (χ0v) is 16.5. The van der Waals surface area contributed by atoms with Crippen molar-refractivity contribution < 1.29 is 19.1 Å². The highest BCUT2D eigenvalue weighted by molar-refractivity contribution is 9.11. The van der Waals surface area contributed by atoms with Crippen LogP contribution in [0.25, 0.3) is 0 Å². The fourth-order valence-electron chi connectivity index (χ4n) is 3.00. The molecule has 0 unspecified atom stereocenters. The molecule has 2 rings (SSSR count). The van der Waals surface area contributed by atoms with E-state index in [1.165, 1.54) is 18.4 Å². The van der Waals surface area contributed by atoms with E-state index < -0.39 is 12.0 Å². The molecular formula is C17H22BrNO4S. The van der Waals surface area contributed by atoms with Crippen LogP contribution in [0.2, 0.25) is 0 Å². The van der Waals surface area contributed by atoms with Crippen LogP contribution in [-0.4, -0.2) is 42.3 Å². The van der Waals surface area contributed by atoms with E-state index in [-0.39, 0.29) is 30.0 Å². The van der Waals surface area contributed by atoms with E-state index >= 15 is 0 Å². The summed E-state index contributed by atoms with van der Waals surface area (Å²) >= 11 is 4.72. The van der Waals surface area contributed by atoms with Gasteiger partial charge in [-0.05, 0) is 46.8 Å². The maximum Gasteiger partial charge on any atom is 0.328 e. The Hall–Kier alpha value is -1.21. The molecule has 0 aromatic carbocycles. The van der Waals surface area contributed by atoms with Crippen molar-refractivity contribution >= 4 is 44.9 Å². The second kappa shape index (κ2) is 8.25. The second-order valence-corrected chi connectivity index (χ2v) is 8.76. The molecule has 2 atom stereocenters. The zero-order chi connectivity index (χ0) is 17.9. The van der Waals surface area contributed by atoms with Crippen LogP contribution in [0.3, 0.4) is 0 Å². The molecule has 0 N–H and O–H groups in total. The molecule has 0 spiro atoms. The highest BCUT2D eigenvalue weighted by Gasteiger charge is 2.39. The molecule has 5 nitrogen and oxygen atoms in total. The van der Waals surface area contributed by atoms with Crippen LogP contribution in [-0.2, 0) is 14.3 Å². The summed E-state index contributed by atoms with van der Waals surface area (Å²) in [6.07, 6.45) is 1.56. The summed E-state index contributed by atoms with van der Waals surface area (Å²) in [5.41, 5.74) is 0. The van der Waals surface area contributed by atoms with Gasteiger partial charge in [-0.3, -0.25) is 9.59 Å². The summed E-state index contributed by atoms with van der Waals surface area (Å²) in [4.78, 5) is 39.6. The van der Waals surface area contributed by atoms with Crippen molar-refractivity contribution in [2.24, 2.45) is 11.8 Å². The molecule has 132 valence electrons. The molecule has 1 saturated heterocycles. The van der Waals surface area contributed by atoms with Gasteiger partial charge in [-0.25, -0.2) is 4.79 Å². The van der Waals surface area contributed by atoms with Crippen LogP contribution >= 0.6 is 27.3 Å². The summed E-state index contributed by atoms with van der Waals surface area (Å²) in [6.45, 7) is 4.41. The van der Waals surface area contributed by atoms with Crippen molar-refractivity contribution in [3.05, 3.63) is 20.8 Å². The average Bonchev–Trinajstić information content (AvgIpc) is 3.19. The number of carbonyl (C=O) groups excluding carboxylic acids is 3. The van der Waals surface area contributed by atoms with Gasteiger partial charge in [0.1, 0.15) is 6.04 Å². The molecule has 0 aliphatic carbocycles.